The fraction of sp³-hybridized carbons (Fsp3) is 0.455. The number of nitrogens with zero attached hydrogens (tertiary/aromatic N) is 2. The molecule has 3 rings (SSSR count). The SMILES string of the molecule is CCCn1c(=O)[nH]c(=O)c2c(C(=O)NC(C)CCc3ccco3)cc(C(C)C)nc21. The molecule has 1 atom stereocenters. The number of aromatic nitrogens is 3. The van der Waals surface area contributed by atoms with Crippen LogP contribution in [0.1, 0.15) is 68.3 Å². The normalized spacial score (nSPS) is 12.4. The fourth-order valence-electron chi connectivity index (χ4n) is 3.39. The molecule has 0 spiro atoms. The molecule has 8 nitrogen and oxygen atoms in total. The first-order valence-electron chi connectivity index (χ1n) is 10.3. The van der Waals surface area contributed by atoms with Gasteiger partial charge in [0.15, 0.2) is 5.65 Å². The Morgan fingerprint density at radius 3 is 2.70 bits per heavy atom. The molecule has 3 aromatic heterocycles. The van der Waals surface area contributed by atoms with E-state index in [2.05, 4.69) is 15.3 Å². The molecule has 0 fully saturated rings. The monoisotopic (exact) mass is 412 g/mol. The predicted molar refractivity (Wildman–Crippen MR) is 115 cm³/mol. The zero-order chi connectivity index (χ0) is 21.8. The highest BCUT2D eigenvalue weighted by Gasteiger charge is 2.21. The van der Waals surface area contributed by atoms with Crippen LogP contribution < -0.4 is 16.6 Å². The summed E-state index contributed by atoms with van der Waals surface area (Å²) in [7, 11) is 0. The number of fused-ring (bicyclic) bond motifs is 1. The Labute approximate surface area is 174 Å². The van der Waals surface area contributed by atoms with Crippen molar-refractivity contribution in [3.63, 3.8) is 0 Å². The molecule has 0 aromatic carbocycles. The zero-order valence-electron chi connectivity index (χ0n) is 17.8. The minimum atomic E-state index is -0.599. The van der Waals surface area contributed by atoms with Crippen LogP contribution in [0.25, 0.3) is 11.0 Å². The number of hydrogen-bond acceptors (Lipinski definition) is 5. The Hall–Kier alpha value is -3.16. The second-order valence-corrected chi connectivity index (χ2v) is 7.85. The minimum absolute atomic E-state index is 0.0294. The molecule has 30 heavy (non-hydrogen) atoms. The van der Waals surface area contributed by atoms with Crippen LogP contribution in [0.2, 0.25) is 0 Å². The van der Waals surface area contributed by atoms with Gasteiger partial charge in [-0.1, -0.05) is 20.8 Å². The van der Waals surface area contributed by atoms with Crippen molar-refractivity contribution in [1.82, 2.24) is 19.9 Å². The van der Waals surface area contributed by atoms with Crippen LogP contribution in [0, 0.1) is 0 Å². The van der Waals surface area contributed by atoms with Gasteiger partial charge in [0, 0.05) is 24.7 Å². The number of H-pyrrole nitrogens is 1. The van der Waals surface area contributed by atoms with Gasteiger partial charge < -0.3 is 9.73 Å². The third-order valence-corrected chi connectivity index (χ3v) is 5.03. The average molecular weight is 412 g/mol. The number of pyridine rings is 1. The van der Waals surface area contributed by atoms with Crippen molar-refractivity contribution in [3.05, 3.63) is 62.3 Å². The first-order chi connectivity index (χ1) is 14.3. The molecular formula is C22H28N4O4. The van der Waals surface area contributed by atoms with E-state index < -0.39 is 11.2 Å². The highest BCUT2D eigenvalue weighted by Crippen LogP contribution is 2.20. The van der Waals surface area contributed by atoms with Gasteiger partial charge in [0.05, 0.1) is 17.2 Å². The maximum Gasteiger partial charge on any atom is 0.329 e. The van der Waals surface area contributed by atoms with Crippen LogP contribution in [-0.2, 0) is 13.0 Å². The molecule has 0 aliphatic carbocycles. The Bertz CT molecular complexity index is 1140. The predicted octanol–water partition coefficient (Wildman–Crippen LogP) is 2.96. The van der Waals surface area contributed by atoms with Crippen LogP contribution in [0.5, 0.6) is 0 Å². The second-order valence-electron chi connectivity index (χ2n) is 7.85. The smallest absolute Gasteiger partial charge is 0.329 e. The van der Waals surface area contributed by atoms with E-state index in [0.717, 1.165) is 5.76 Å². The second kappa shape index (κ2) is 9.11. The third kappa shape index (κ3) is 4.53. The summed E-state index contributed by atoms with van der Waals surface area (Å²) in [5.74, 6) is 0.526. The Balaban J connectivity index is 2.00. The van der Waals surface area contributed by atoms with Gasteiger partial charge in [-0.25, -0.2) is 9.78 Å². The van der Waals surface area contributed by atoms with Gasteiger partial charge in [-0.15, -0.1) is 0 Å². The van der Waals surface area contributed by atoms with Gasteiger partial charge in [-0.2, -0.15) is 0 Å². The summed E-state index contributed by atoms with van der Waals surface area (Å²) in [4.78, 5) is 45.0. The molecule has 0 radical (unpaired) electrons. The van der Waals surface area contributed by atoms with Crippen molar-refractivity contribution in [2.45, 2.75) is 65.5 Å². The number of aromatic amines is 1. The summed E-state index contributed by atoms with van der Waals surface area (Å²) in [6.45, 7) is 8.16. The van der Waals surface area contributed by atoms with Gasteiger partial charge in [-0.05, 0) is 43.9 Å². The molecule has 3 aromatic rings. The average Bonchev–Trinajstić information content (AvgIpc) is 3.22. The van der Waals surface area contributed by atoms with E-state index in [1.165, 1.54) is 4.57 Å². The molecule has 8 heteroatoms. The lowest BCUT2D eigenvalue weighted by Gasteiger charge is -2.17. The Morgan fingerprint density at radius 1 is 1.30 bits per heavy atom. The molecule has 1 unspecified atom stereocenters. The van der Waals surface area contributed by atoms with Crippen molar-refractivity contribution in [1.29, 1.82) is 0 Å². The first kappa shape index (κ1) is 21.5. The van der Waals surface area contributed by atoms with Crippen molar-refractivity contribution < 1.29 is 9.21 Å². The van der Waals surface area contributed by atoms with E-state index in [1.54, 1.807) is 12.3 Å². The van der Waals surface area contributed by atoms with Crippen LogP contribution in [-0.4, -0.2) is 26.5 Å². The van der Waals surface area contributed by atoms with Gasteiger partial charge >= 0.3 is 5.69 Å². The maximum atomic E-state index is 13.1. The summed E-state index contributed by atoms with van der Waals surface area (Å²) in [5.41, 5.74) is 0.0371. The van der Waals surface area contributed by atoms with Gasteiger partial charge in [0.1, 0.15) is 5.76 Å². The molecule has 2 N–H and O–H groups in total. The third-order valence-electron chi connectivity index (χ3n) is 5.03. The van der Waals surface area contributed by atoms with Gasteiger partial charge in [-0.3, -0.25) is 19.1 Å². The molecular weight excluding hydrogens is 384 g/mol. The zero-order valence-corrected chi connectivity index (χ0v) is 17.8. The molecule has 0 aliphatic rings. The fourth-order valence-corrected chi connectivity index (χ4v) is 3.39. The maximum absolute atomic E-state index is 13.1. The number of hydrogen-bond donors (Lipinski definition) is 2. The summed E-state index contributed by atoms with van der Waals surface area (Å²) in [6, 6.07) is 5.25. The number of carbonyl (C=O) groups is 1. The van der Waals surface area contributed by atoms with Crippen LogP contribution >= 0.6 is 0 Å². The number of carbonyl (C=O) groups excluding carboxylic acids is 1. The van der Waals surface area contributed by atoms with Crippen LogP contribution in [0.3, 0.4) is 0 Å². The van der Waals surface area contributed by atoms with E-state index in [9.17, 15) is 14.4 Å². The van der Waals surface area contributed by atoms with E-state index >= 15 is 0 Å². The summed E-state index contributed by atoms with van der Waals surface area (Å²) < 4.78 is 6.77. The van der Waals surface area contributed by atoms with Crippen LogP contribution in [0.4, 0.5) is 0 Å². The van der Waals surface area contributed by atoms with Gasteiger partial charge in [0.2, 0.25) is 0 Å². The minimum Gasteiger partial charge on any atom is -0.469 e. The highest BCUT2D eigenvalue weighted by atomic mass is 16.3. The standard InChI is InChI=1S/C22H28N4O4/c1-5-10-26-19-18(21(28)25-22(26)29)16(12-17(24-19)13(2)3)20(27)23-14(4)8-9-15-7-6-11-30-15/h6-7,11-14H,5,8-10H2,1-4H3,(H,23,27)(H,25,28,29). The van der Waals surface area contributed by atoms with E-state index in [1.807, 2.05) is 39.8 Å². The largest absolute Gasteiger partial charge is 0.469 e. The number of rotatable bonds is 8. The molecule has 3 heterocycles. The number of amides is 1. The van der Waals surface area contributed by atoms with E-state index in [-0.39, 0.29) is 34.5 Å². The summed E-state index contributed by atoms with van der Waals surface area (Å²) in [5, 5.41) is 3.10. The highest BCUT2D eigenvalue weighted by molar-refractivity contribution is 6.05. The molecule has 0 bridgehead atoms. The number of furan rings is 1. The van der Waals surface area contributed by atoms with E-state index in [0.29, 0.717) is 31.5 Å². The molecule has 160 valence electrons. The molecule has 1 amide bonds. The van der Waals surface area contributed by atoms with Crippen LogP contribution in [0.15, 0.2) is 38.5 Å². The van der Waals surface area contributed by atoms with Crippen molar-refractivity contribution in [3.8, 4) is 0 Å². The van der Waals surface area contributed by atoms with E-state index in [4.69, 9.17) is 4.42 Å². The topological polar surface area (TPSA) is 110 Å². The van der Waals surface area contributed by atoms with Gasteiger partial charge in [0.25, 0.3) is 11.5 Å². The lowest BCUT2D eigenvalue weighted by atomic mass is 10.0. The van der Waals surface area contributed by atoms with Crippen molar-refractivity contribution in [2.24, 2.45) is 0 Å². The Kier molecular flexibility index (Phi) is 6.54. The van der Waals surface area contributed by atoms with Crippen molar-refractivity contribution in [2.75, 3.05) is 0 Å². The molecule has 0 saturated heterocycles. The number of nitrogens with one attached hydrogen (secondary N) is 2. The number of aryl methyl sites for hydroxylation is 2. The quantitative estimate of drug-likeness (QED) is 0.591. The molecule has 0 aliphatic heterocycles. The lowest BCUT2D eigenvalue weighted by Crippen LogP contribution is -2.36. The molecule has 0 saturated carbocycles. The van der Waals surface area contributed by atoms with Crippen molar-refractivity contribution >= 4 is 16.9 Å². The summed E-state index contributed by atoms with van der Waals surface area (Å²) in [6.07, 6.45) is 3.70. The lowest BCUT2D eigenvalue weighted by molar-refractivity contribution is 0.0939. The Morgan fingerprint density at radius 2 is 2.07 bits per heavy atom. The first-order valence-corrected chi connectivity index (χ1v) is 10.3. The summed E-state index contributed by atoms with van der Waals surface area (Å²) >= 11 is 0.